The van der Waals surface area contributed by atoms with E-state index in [1.54, 1.807) is 6.07 Å². The highest BCUT2D eigenvalue weighted by Crippen LogP contribution is 2.22. The van der Waals surface area contributed by atoms with E-state index in [9.17, 15) is 4.39 Å². The summed E-state index contributed by atoms with van der Waals surface area (Å²) >= 11 is 0. The molecule has 2 aromatic carbocycles. The van der Waals surface area contributed by atoms with Gasteiger partial charge >= 0.3 is 0 Å². The van der Waals surface area contributed by atoms with Crippen molar-refractivity contribution in [2.75, 3.05) is 42.9 Å². The molecule has 1 aliphatic rings. The number of likely N-dealkylation sites (N-methyl/N-ethyl adjacent to an activating group) is 1. The van der Waals surface area contributed by atoms with Crippen molar-refractivity contribution in [3.05, 3.63) is 58.9 Å². The summed E-state index contributed by atoms with van der Waals surface area (Å²) in [5, 5.41) is 3.09. The number of nitrogens with zero attached hydrogens (tertiary/aromatic N) is 3. The van der Waals surface area contributed by atoms with Gasteiger partial charge in [0.05, 0.1) is 12.2 Å². The first-order valence-corrected chi connectivity index (χ1v) is 9.86. The molecule has 0 aliphatic carbocycles. The number of rotatable bonds is 5. The molecule has 3 rings (SSSR count). The molecule has 0 atom stereocenters. The van der Waals surface area contributed by atoms with E-state index in [2.05, 4.69) is 40.9 Å². The first-order chi connectivity index (χ1) is 13.5. The molecule has 0 saturated carbocycles. The number of piperazine rings is 1. The topological polar surface area (TPSA) is 56.9 Å². The maximum absolute atomic E-state index is 14.6. The lowest BCUT2D eigenvalue weighted by molar-refractivity contribution is 0.270. The minimum atomic E-state index is -0.196. The van der Waals surface area contributed by atoms with Crippen LogP contribution >= 0.6 is 0 Å². The molecule has 0 spiro atoms. The highest BCUT2D eigenvalue weighted by atomic mass is 19.1. The van der Waals surface area contributed by atoms with Crippen LogP contribution in [0, 0.1) is 19.7 Å². The minimum Gasteiger partial charge on any atom is -0.370 e. The van der Waals surface area contributed by atoms with Crippen molar-refractivity contribution in [2.45, 2.75) is 27.3 Å². The van der Waals surface area contributed by atoms with Gasteiger partial charge in [-0.25, -0.2) is 9.38 Å². The molecule has 5 nitrogen and oxygen atoms in total. The Labute approximate surface area is 167 Å². The number of nitrogens with two attached hydrogens (primary N) is 1. The second-order valence-electron chi connectivity index (χ2n) is 7.33. The summed E-state index contributed by atoms with van der Waals surface area (Å²) in [6.07, 6.45) is 0. The Kier molecular flexibility index (Phi) is 6.52. The Morgan fingerprint density at radius 1 is 1.07 bits per heavy atom. The summed E-state index contributed by atoms with van der Waals surface area (Å²) in [5.41, 5.74) is 10.8. The van der Waals surface area contributed by atoms with Gasteiger partial charge in [0.15, 0.2) is 5.96 Å². The number of hydrogen-bond donors (Lipinski definition) is 2. The van der Waals surface area contributed by atoms with Crippen LogP contribution in [0.3, 0.4) is 0 Å². The van der Waals surface area contributed by atoms with Crippen LogP contribution in [0.5, 0.6) is 0 Å². The highest BCUT2D eigenvalue weighted by molar-refractivity contribution is 5.92. The van der Waals surface area contributed by atoms with Crippen LogP contribution in [0.2, 0.25) is 0 Å². The molecule has 1 aliphatic heterocycles. The largest absolute Gasteiger partial charge is 0.370 e. The molecule has 28 heavy (non-hydrogen) atoms. The van der Waals surface area contributed by atoms with Crippen LogP contribution in [-0.2, 0) is 6.54 Å². The Bertz CT molecular complexity index is 841. The van der Waals surface area contributed by atoms with E-state index in [1.807, 2.05) is 30.3 Å². The highest BCUT2D eigenvalue weighted by Gasteiger charge is 2.18. The molecular weight excluding hydrogens is 353 g/mol. The molecule has 2 aromatic rings. The maximum Gasteiger partial charge on any atom is 0.193 e. The standard InChI is InChI=1S/C22H30FN5/c1-4-27-9-11-28(12-10-27)21-8-6-18(14-20(21)23)15-25-22(24)26-19-7-5-16(2)17(3)13-19/h5-8,13-14H,4,9-12,15H2,1-3H3,(H3,24,25,26). The van der Waals surface area contributed by atoms with Crippen molar-refractivity contribution in [1.29, 1.82) is 0 Å². The fourth-order valence-corrected chi connectivity index (χ4v) is 3.39. The number of aryl methyl sites for hydroxylation is 2. The van der Waals surface area contributed by atoms with Crippen molar-refractivity contribution in [3.63, 3.8) is 0 Å². The molecule has 1 fully saturated rings. The van der Waals surface area contributed by atoms with E-state index in [4.69, 9.17) is 5.73 Å². The van der Waals surface area contributed by atoms with E-state index in [0.717, 1.165) is 44.0 Å². The molecule has 150 valence electrons. The van der Waals surface area contributed by atoms with Gasteiger partial charge in [-0.1, -0.05) is 19.1 Å². The lowest BCUT2D eigenvalue weighted by atomic mass is 10.1. The summed E-state index contributed by atoms with van der Waals surface area (Å²) < 4.78 is 14.6. The van der Waals surface area contributed by atoms with Crippen LogP contribution < -0.4 is 16.0 Å². The third-order valence-electron chi connectivity index (χ3n) is 5.38. The van der Waals surface area contributed by atoms with Gasteiger partial charge < -0.3 is 20.9 Å². The summed E-state index contributed by atoms with van der Waals surface area (Å²) in [6.45, 7) is 11.3. The zero-order valence-electron chi connectivity index (χ0n) is 17.0. The van der Waals surface area contributed by atoms with Crippen molar-refractivity contribution in [3.8, 4) is 0 Å². The number of guanidine groups is 1. The third kappa shape index (κ3) is 5.01. The van der Waals surface area contributed by atoms with Gasteiger partial charge in [-0.3, -0.25) is 0 Å². The van der Waals surface area contributed by atoms with Gasteiger partial charge in [-0.15, -0.1) is 0 Å². The fraction of sp³-hybridized carbons (Fsp3) is 0.409. The number of halogens is 1. The number of nitrogens with one attached hydrogen (secondary N) is 1. The van der Waals surface area contributed by atoms with E-state index in [0.29, 0.717) is 18.2 Å². The van der Waals surface area contributed by atoms with E-state index in [1.165, 1.54) is 11.1 Å². The van der Waals surface area contributed by atoms with Gasteiger partial charge in [0, 0.05) is 31.9 Å². The van der Waals surface area contributed by atoms with Crippen molar-refractivity contribution >= 4 is 17.3 Å². The summed E-state index contributed by atoms with van der Waals surface area (Å²) in [4.78, 5) is 8.84. The van der Waals surface area contributed by atoms with Crippen molar-refractivity contribution in [1.82, 2.24) is 4.90 Å². The van der Waals surface area contributed by atoms with Crippen LogP contribution in [-0.4, -0.2) is 43.6 Å². The van der Waals surface area contributed by atoms with Crippen LogP contribution in [0.4, 0.5) is 15.8 Å². The quantitative estimate of drug-likeness (QED) is 0.613. The van der Waals surface area contributed by atoms with E-state index < -0.39 is 0 Å². The zero-order chi connectivity index (χ0) is 20.1. The molecule has 3 N–H and O–H groups in total. The normalized spacial score (nSPS) is 15.7. The smallest absolute Gasteiger partial charge is 0.193 e. The van der Waals surface area contributed by atoms with Gasteiger partial charge in [-0.2, -0.15) is 0 Å². The summed E-state index contributed by atoms with van der Waals surface area (Å²) in [5.74, 6) is 0.127. The second-order valence-corrected chi connectivity index (χ2v) is 7.33. The lowest BCUT2D eigenvalue weighted by Crippen LogP contribution is -2.46. The molecule has 1 heterocycles. The number of anilines is 2. The fourth-order valence-electron chi connectivity index (χ4n) is 3.39. The third-order valence-corrected chi connectivity index (χ3v) is 5.38. The first-order valence-electron chi connectivity index (χ1n) is 9.86. The molecule has 0 aromatic heterocycles. The average molecular weight is 384 g/mol. The maximum atomic E-state index is 14.6. The van der Waals surface area contributed by atoms with Crippen LogP contribution in [0.25, 0.3) is 0 Å². The molecule has 6 heteroatoms. The molecule has 0 bridgehead atoms. The van der Waals surface area contributed by atoms with Gasteiger partial charge in [0.25, 0.3) is 0 Å². The lowest BCUT2D eigenvalue weighted by Gasteiger charge is -2.35. The predicted molar refractivity (Wildman–Crippen MR) is 116 cm³/mol. The van der Waals surface area contributed by atoms with Gasteiger partial charge in [0.1, 0.15) is 5.82 Å². The Balaban J connectivity index is 1.60. The molecule has 1 saturated heterocycles. The SMILES string of the molecule is CCN1CCN(c2ccc(CN=C(N)Nc3ccc(C)c(C)c3)cc2F)CC1. The van der Waals surface area contributed by atoms with Crippen molar-refractivity contribution in [2.24, 2.45) is 10.7 Å². The van der Waals surface area contributed by atoms with Gasteiger partial charge in [0.2, 0.25) is 0 Å². The van der Waals surface area contributed by atoms with Crippen molar-refractivity contribution < 1.29 is 4.39 Å². The molecule has 0 unspecified atom stereocenters. The second kappa shape index (κ2) is 9.06. The molecule has 0 radical (unpaired) electrons. The molecule has 0 amide bonds. The Morgan fingerprint density at radius 2 is 1.82 bits per heavy atom. The molecular formula is C22H30FN5. The number of benzene rings is 2. The Morgan fingerprint density at radius 3 is 2.46 bits per heavy atom. The van der Waals surface area contributed by atoms with Crippen LogP contribution in [0.15, 0.2) is 41.4 Å². The first kappa shape index (κ1) is 20.1. The number of aliphatic imine (C=N–C) groups is 1. The van der Waals surface area contributed by atoms with Gasteiger partial charge in [-0.05, 0) is 61.3 Å². The minimum absolute atomic E-state index is 0.196. The van der Waals surface area contributed by atoms with E-state index >= 15 is 0 Å². The number of hydrogen-bond acceptors (Lipinski definition) is 3. The summed E-state index contributed by atoms with van der Waals surface area (Å²) in [6, 6.07) is 11.4. The average Bonchev–Trinajstić information content (AvgIpc) is 2.69. The van der Waals surface area contributed by atoms with E-state index in [-0.39, 0.29) is 5.82 Å². The monoisotopic (exact) mass is 383 g/mol. The predicted octanol–water partition coefficient (Wildman–Crippen LogP) is 3.51. The zero-order valence-corrected chi connectivity index (χ0v) is 17.0. The Hall–Kier alpha value is -2.60. The summed E-state index contributed by atoms with van der Waals surface area (Å²) in [7, 11) is 0. The van der Waals surface area contributed by atoms with Crippen LogP contribution in [0.1, 0.15) is 23.6 Å².